The third-order valence-electron chi connectivity index (χ3n) is 5.25. The van der Waals surface area contributed by atoms with Gasteiger partial charge in [-0.3, -0.25) is 0 Å². The predicted molar refractivity (Wildman–Crippen MR) is 118 cm³/mol. The van der Waals surface area contributed by atoms with Gasteiger partial charge >= 0.3 is 0 Å². The topological polar surface area (TPSA) is 35.0 Å². The van der Waals surface area contributed by atoms with Crippen LogP contribution in [0.5, 0.6) is 0 Å². The second-order valence-electron chi connectivity index (χ2n) is 7.67. The Labute approximate surface area is 164 Å². The number of hydrogen-bond donors (Lipinski definition) is 1. The normalized spacial score (nSPS) is 14.4. The smallest absolute Gasteiger partial charge is 0.0484 e. The molecule has 0 fully saturated rings. The van der Waals surface area contributed by atoms with Crippen LogP contribution in [0.2, 0.25) is 0 Å². The maximum Gasteiger partial charge on any atom is 0.0484 e. The molecule has 0 rings (SSSR count). The van der Waals surface area contributed by atoms with Gasteiger partial charge in [0, 0.05) is 4.87 Å². The van der Waals surface area contributed by atoms with Crippen molar-refractivity contribution < 1.29 is 0 Å². The first-order valence-corrected chi connectivity index (χ1v) is 10.9. The van der Waals surface area contributed by atoms with Crippen molar-refractivity contribution in [2.45, 2.75) is 115 Å². The fourth-order valence-corrected chi connectivity index (χ4v) is 3.85. The Hall–Kier alpha value is -0.270. The summed E-state index contributed by atoms with van der Waals surface area (Å²) < 4.78 is 0. The van der Waals surface area contributed by atoms with Gasteiger partial charge in [-0.15, -0.1) is 24.8 Å². The molecule has 0 aliphatic heterocycles. The Morgan fingerprint density at radius 2 is 1.24 bits per heavy atom. The van der Waals surface area contributed by atoms with E-state index >= 15 is 0 Å². The second-order valence-corrected chi connectivity index (χ2v) is 8.53. The van der Waals surface area contributed by atoms with Crippen molar-refractivity contribution in [3.05, 3.63) is 25.3 Å². The van der Waals surface area contributed by atoms with Gasteiger partial charge in [0.2, 0.25) is 0 Å². The van der Waals surface area contributed by atoms with Gasteiger partial charge in [0.1, 0.15) is 0 Å². The number of rotatable bonds is 18. The fraction of sp³-hybridized carbons (Fsp3) is 0.826. The summed E-state index contributed by atoms with van der Waals surface area (Å²) in [5, 5.41) is 0. The molecular weight excluding hydrogens is 326 g/mol. The van der Waals surface area contributed by atoms with Crippen LogP contribution in [-0.2, 0) is 0 Å². The summed E-state index contributed by atoms with van der Waals surface area (Å²) in [6.07, 6.45) is 23.9. The fourth-order valence-electron chi connectivity index (χ4n) is 3.55. The molecule has 0 bridgehead atoms. The third kappa shape index (κ3) is 15.7. The van der Waals surface area contributed by atoms with Crippen LogP contribution < -0.4 is 6.15 Å². The maximum atomic E-state index is 6.70. The minimum absolute atomic E-state index is 0. The van der Waals surface area contributed by atoms with Crippen LogP contribution in [0.1, 0.15) is 110 Å². The molecule has 2 unspecified atom stereocenters. The molecule has 2 atom stereocenters. The van der Waals surface area contributed by atoms with E-state index in [4.69, 9.17) is 11.6 Å². The highest BCUT2D eigenvalue weighted by Gasteiger charge is 2.29. The van der Waals surface area contributed by atoms with E-state index in [2.05, 4.69) is 27.0 Å². The number of halogens is 1. The Balaban J connectivity index is 0. The van der Waals surface area contributed by atoms with Gasteiger partial charge in [0.05, 0.1) is 0 Å². The molecule has 0 aromatic heterocycles. The molecule has 150 valence electrons. The summed E-state index contributed by atoms with van der Waals surface area (Å²) in [6.45, 7) is 12.2. The molecule has 0 saturated carbocycles. The summed E-state index contributed by atoms with van der Waals surface area (Å²) in [5.74, 6) is 0.526. The third-order valence-corrected chi connectivity index (χ3v) is 5.71. The number of allylic oxidation sites excluding steroid dienone is 2. The largest absolute Gasteiger partial charge is 0.344 e. The lowest BCUT2D eigenvalue weighted by atomic mass is 9.83. The van der Waals surface area contributed by atoms with E-state index in [1.165, 1.54) is 83.5 Å². The molecule has 0 spiro atoms. The molecule has 3 N–H and O–H groups in total. The Morgan fingerprint density at radius 3 is 1.64 bits per heavy atom. The van der Waals surface area contributed by atoms with Crippen LogP contribution in [0.4, 0.5) is 0 Å². The monoisotopic (exact) mass is 371 g/mol. The van der Waals surface area contributed by atoms with E-state index in [0.717, 1.165) is 12.8 Å². The van der Waals surface area contributed by atoms with Crippen LogP contribution >= 0.6 is 11.6 Å². The van der Waals surface area contributed by atoms with Gasteiger partial charge in [0.25, 0.3) is 0 Å². The highest BCUT2D eigenvalue weighted by molar-refractivity contribution is 6.24. The van der Waals surface area contributed by atoms with E-state index in [1.807, 2.05) is 12.2 Å². The number of unbranched alkanes of at least 4 members (excludes halogenated alkanes) is 11. The molecule has 0 saturated heterocycles. The molecule has 0 heterocycles. The van der Waals surface area contributed by atoms with Gasteiger partial charge in [-0.1, -0.05) is 96.1 Å². The molecule has 0 aromatic rings. The second kappa shape index (κ2) is 18.5. The Morgan fingerprint density at radius 1 is 0.800 bits per heavy atom. The molecule has 0 aliphatic carbocycles. The lowest BCUT2D eigenvalue weighted by Gasteiger charge is -2.30. The lowest BCUT2D eigenvalue weighted by molar-refractivity contribution is 0.355. The molecule has 25 heavy (non-hydrogen) atoms. The first-order valence-electron chi connectivity index (χ1n) is 10.5. The van der Waals surface area contributed by atoms with Crippen molar-refractivity contribution >= 4 is 11.6 Å². The van der Waals surface area contributed by atoms with Crippen LogP contribution in [0, 0.1) is 5.92 Å². The summed E-state index contributed by atoms with van der Waals surface area (Å²) in [6, 6.07) is 0. The van der Waals surface area contributed by atoms with Gasteiger partial charge < -0.3 is 6.15 Å². The van der Waals surface area contributed by atoms with Crippen molar-refractivity contribution in [1.29, 1.82) is 0 Å². The molecule has 1 nitrogen and oxygen atoms in total. The van der Waals surface area contributed by atoms with Crippen molar-refractivity contribution in [2.24, 2.45) is 5.92 Å². The number of alkyl halides is 1. The summed E-state index contributed by atoms with van der Waals surface area (Å²) in [5.41, 5.74) is 0. The van der Waals surface area contributed by atoms with E-state index < -0.39 is 0 Å². The van der Waals surface area contributed by atoms with Gasteiger partial charge in [-0.25, -0.2) is 0 Å². The molecule has 0 amide bonds. The van der Waals surface area contributed by atoms with Gasteiger partial charge in [-0.2, -0.15) is 0 Å². The number of hydrogen-bond acceptors (Lipinski definition) is 1. The quantitative estimate of drug-likeness (QED) is 0.145. The highest BCUT2D eigenvalue weighted by Crippen LogP contribution is 2.35. The van der Waals surface area contributed by atoms with Crippen LogP contribution in [0.3, 0.4) is 0 Å². The molecular formula is C23H46ClN. The molecule has 0 aliphatic rings. The van der Waals surface area contributed by atoms with E-state index in [-0.39, 0.29) is 11.0 Å². The minimum atomic E-state index is -0.159. The van der Waals surface area contributed by atoms with Crippen LogP contribution in [-0.4, -0.2) is 4.87 Å². The van der Waals surface area contributed by atoms with Crippen molar-refractivity contribution in [3.63, 3.8) is 0 Å². The zero-order valence-electron chi connectivity index (χ0n) is 17.3. The zero-order valence-corrected chi connectivity index (χ0v) is 18.1. The Kier molecular flexibility index (Phi) is 20.0. The average Bonchev–Trinajstić information content (AvgIpc) is 2.54. The van der Waals surface area contributed by atoms with Crippen LogP contribution in [0.25, 0.3) is 0 Å². The Bertz CT molecular complexity index is 298. The summed E-state index contributed by atoms with van der Waals surface area (Å²) >= 11 is 6.70. The first kappa shape index (κ1) is 27.0. The van der Waals surface area contributed by atoms with E-state index in [0.29, 0.717) is 5.92 Å². The zero-order chi connectivity index (χ0) is 18.1. The van der Waals surface area contributed by atoms with E-state index in [9.17, 15) is 0 Å². The van der Waals surface area contributed by atoms with Crippen molar-refractivity contribution in [1.82, 2.24) is 6.15 Å². The van der Waals surface area contributed by atoms with Crippen molar-refractivity contribution in [3.8, 4) is 0 Å². The standard InChI is InChI=1S/C23H43Cl.H3N/c1-5-8-9-10-11-12-13-14-15-16-17-18-20-22(19-6-2)23(4,24)21-7-3;/h6-7,22H,2-3,5,8-21H2,1,4H3;1H3. The molecule has 0 radical (unpaired) electrons. The summed E-state index contributed by atoms with van der Waals surface area (Å²) in [7, 11) is 0. The predicted octanol–water partition coefficient (Wildman–Crippen LogP) is 9.01. The molecule has 2 heteroatoms. The first-order chi connectivity index (χ1) is 11.6. The maximum absolute atomic E-state index is 6.70. The van der Waals surface area contributed by atoms with Gasteiger partial charge in [0.15, 0.2) is 0 Å². The average molecular weight is 372 g/mol. The van der Waals surface area contributed by atoms with Crippen molar-refractivity contribution in [2.75, 3.05) is 0 Å². The van der Waals surface area contributed by atoms with Gasteiger partial charge in [-0.05, 0) is 32.1 Å². The molecule has 0 aromatic carbocycles. The van der Waals surface area contributed by atoms with E-state index in [1.54, 1.807) is 0 Å². The highest BCUT2D eigenvalue weighted by atomic mass is 35.5. The van der Waals surface area contributed by atoms with Crippen LogP contribution in [0.15, 0.2) is 25.3 Å². The summed E-state index contributed by atoms with van der Waals surface area (Å²) in [4.78, 5) is -0.159. The lowest BCUT2D eigenvalue weighted by Crippen LogP contribution is -2.27. The SMILES string of the molecule is C=CCC(CCCCCCCCCCCCCC)C(C)(Cl)CC=C.N. The minimum Gasteiger partial charge on any atom is -0.344 e.